The van der Waals surface area contributed by atoms with Crippen LogP contribution in [0.5, 0.6) is 0 Å². The lowest BCUT2D eigenvalue weighted by Crippen LogP contribution is -2.39. The summed E-state index contributed by atoms with van der Waals surface area (Å²) >= 11 is 0. The fourth-order valence-corrected chi connectivity index (χ4v) is 1.81. The van der Waals surface area contributed by atoms with Gasteiger partial charge in [0.2, 0.25) is 0 Å². The van der Waals surface area contributed by atoms with Crippen molar-refractivity contribution in [3.8, 4) is 0 Å². The van der Waals surface area contributed by atoms with Gasteiger partial charge in [0.25, 0.3) is 0 Å². The first-order chi connectivity index (χ1) is 8.00. The Kier molecular flexibility index (Phi) is 5.10. The summed E-state index contributed by atoms with van der Waals surface area (Å²) in [5.41, 5.74) is 1.03. The van der Waals surface area contributed by atoms with Gasteiger partial charge in [0.1, 0.15) is 6.04 Å². The fraction of sp³-hybridized carbons (Fsp3) is 0.538. The van der Waals surface area contributed by atoms with Crippen LogP contribution in [0.25, 0.3) is 0 Å². The van der Waals surface area contributed by atoms with Gasteiger partial charge < -0.3 is 5.11 Å². The molecule has 1 N–H and O–H groups in total. The van der Waals surface area contributed by atoms with Crippen LogP contribution in [-0.4, -0.2) is 34.0 Å². The zero-order valence-electron chi connectivity index (χ0n) is 10.6. The third-order valence-corrected chi connectivity index (χ3v) is 2.67. The highest BCUT2D eigenvalue weighted by Gasteiger charge is 2.23. The van der Waals surface area contributed by atoms with Crippen molar-refractivity contribution in [1.82, 2.24) is 9.88 Å². The molecule has 0 aliphatic heterocycles. The highest BCUT2D eigenvalue weighted by molar-refractivity contribution is 5.73. The molecule has 0 aromatic carbocycles. The molecule has 94 valence electrons. The molecule has 4 nitrogen and oxygen atoms in total. The van der Waals surface area contributed by atoms with E-state index in [1.54, 1.807) is 12.4 Å². The van der Waals surface area contributed by atoms with E-state index in [1.807, 2.05) is 37.9 Å². The smallest absolute Gasteiger partial charge is 0.320 e. The van der Waals surface area contributed by atoms with E-state index in [0.29, 0.717) is 18.9 Å². The Labute approximate surface area is 102 Å². The lowest BCUT2D eigenvalue weighted by Gasteiger charge is -2.25. The summed E-state index contributed by atoms with van der Waals surface area (Å²) in [4.78, 5) is 17.1. The van der Waals surface area contributed by atoms with Gasteiger partial charge in [-0.15, -0.1) is 0 Å². The number of carboxylic acids is 1. The second-order valence-corrected chi connectivity index (χ2v) is 4.76. The molecule has 0 aliphatic carbocycles. The maximum atomic E-state index is 11.2. The molecule has 1 unspecified atom stereocenters. The Bertz CT molecular complexity index is 352. The van der Waals surface area contributed by atoms with Crippen molar-refractivity contribution < 1.29 is 9.90 Å². The third kappa shape index (κ3) is 4.53. The molecule has 0 spiro atoms. The Morgan fingerprint density at radius 1 is 1.53 bits per heavy atom. The highest BCUT2D eigenvalue weighted by Crippen LogP contribution is 2.13. The molecule has 4 heteroatoms. The molecule has 0 fully saturated rings. The first-order valence-corrected chi connectivity index (χ1v) is 5.82. The van der Waals surface area contributed by atoms with Gasteiger partial charge in [-0.1, -0.05) is 19.9 Å². The molecule has 0 radical (unpaired) electrons. The van der Waals surface area contributed by atoms with Crippen molar-refractivity contribution in [3.05, 3.63) is 30.1 Å². The molecule has 1 aromatic rings. The SMILES string of the molecule is CC(C)CC(C(=O)O)N(C)Cc1cccnc1. The van der Waals surface area contributed by atoms with E-state index in [2.05, 4.69) is 4.98 Å². The van der Waals surface area contributed by atoms with Crippen LogP contribution in [0.15, 0.2) is 24.5 Å². The Hall–Kier alpha value is -1.42. The summed E-state index contributed by atoms with van der Waals surface area (Å²) in [6, 6.07) is 3.38. The largest absolute Gasteiger partial charge is 0.480 e. The quantitative estimate of drug-likeness (QED) is 0.821. The average Bonchev–Trinajstić information content (AvgIpc) is 2.26. The van der Waals surface area contributed by atoms with Crippen LogP contribution in [0.2, 0.25) is 0 Å². The molecule has 0 bridgehead atoms. The number of rotatable bonds is 6. The zero-order chi connectivity index (χ0) is 12.8. The lowest BCUT2D eigenvalue weighted by atomic mass is 10.0. The van der Waals surface area contributed by atoms with E-state index in [9.17, 15) is 9.90 Å². The van der Waals surface area contributed by atoms with Crippen LogP contribution < -0.4 is 0 Å². The minimum absolute atomic E-state index is 0.368. The zero-order valence-corrected chi connectivity index (χ0v) is 10.6. The second-order valence-electron chi connectivity index (χ2n) is 4.76. The van der Waals surface area contributed by atoms with Gasteiger partial charge in [0.05, 0.1) is 0 Å². The Morgan fingerprint density at radius 3 is 2.71 bits per heavy atom. The van der Waals surface area contributed by atoms with Crippen molar-refractivity contribution in [3.63, 3.8) is 0 Å². The van der Waals surface area contributed by atoms with Crippen LogP contribution in [0.3, 0.4) is 0 Å². The fourth-order valence-electron chi connectivity index (χ4n) is 1.81. The summed E-state index contributed by atoms with van der Waals surface area (Å²) in [7, 11) is 1.84. The second kappa shape index (κ2) is 6.35. The minimum atomic E-state index is -0.759. The van der Waals surface area contributed by atoms with E-state index in [4.69, 9.17) is 0 Å². The van der Waals surface area contributed by atoms with Crippen LogP contribution in [0.4, 0.5) is 0 Å². The van der Waals surface area contributed by atoms with Gasteiger partial charge >= 0.3 is 5.97 Å². The van der Waals surface area contributed by atoms with Crippen LogP contribution in [0, 0.1) is 5.92 Å². The number of pyridine rings is 1. The van der Waals surface area contributed by atoms with Crippen molar-refractivity contribution in [2.45, 2.75) is 32.9 Å². The predicted molar refractivity (Wildman–Crippen MR) is 66.6 cm³/mol. The van der Waals surface area contributed by atoms with Crippen LogP contribution in [0.1, 0.15) is 25.8 Å². The number of carbonyl (C=O) groups is 1. The van der Waals surface area contributed by atoms with Crippen molar-refractivity contribution in [2.75, 3.05) is 7.05 Å². The van der Waals surface area contributed by atoms with Crippen molar-refractivity contribution >= 4 is 5.97 Å². The number of hydrogen-bond donors (Lipinski definition) is 1. The van der Waals surface area contributed by atoms with Gasteiger partial charge in [0.15, 0.2) is 0 Å². The molecule has 1 rings (SSSR count). The summed E-state index contributed by atoms with van der Waals surface area (Å²) < 4.78 is 0. The topological polar surface area (TPSA) is 53.4 Å². The normalized spacial score (nSPS) is 13.0. The third-order valence-electron chi connectivity index (χ3n) is 2.67. The van der Waals surface area contributed by atoms with Gasteiger partial charge in [0, 0.05) is 18.9 Å². The van der Waals surface area contributed by atoms with E-state index >= 15 is 0 Å². The number of aliphatic carboxylic acids is 1. The monoisotopic (exact) mass is 236 g/mol. The Morgan fingerprint density at radius 2 is 2.24 bits per heavy atom. The van der Waals surface area contributed by atoms with Crippen molar-refractivity contribution in [1.29, 1.82) is 0 Å². The van der Waals surface area contributed by atoms with E-state index in [1.165, 1.54) is 0 Å². The molecule has 0 saturated carbocycles. The van der Waals surface area contributed by atoms with Gasteiger partial charge in [-0.3, -0.25) is 14.7 Å². The first-order valence-electron chi connectivity index (χ1n) is 5.82. The number of carboxylic acid groups (broad SMARTS) is 1. The summed E-state index contributed by atoms with van der Waals surface area (Å²) in [6.45, 7) is 4.68. The van der Waals surface area contributed by atoms with E-state index in [0.717, 1.165) is 5.56 Å². The number of likely N-dealkylation sites (N-methyl/N-ethyl adjacent to an activating group) is 1. The number of hydrogen-bond acceptors (Lipinski definition) is 3. The molecule has 1 heterocycles. The first kappa shape index (κ1) is 13.6. The summed E-state index contributed by atoms with van der Waals surface area (Å²) in [5.74, 6) is -0.391. The lowest BCUT2D eigenvalue weighted by molar-refractivity contribution is -0.143. The standard InChI is InChI=1S/C13H20N2O2/c1-10(2)7-12(13(16)17)15(3)9-11-5-4-6-14-8-11/h4-6,8,10,12H,7,9H2,1-3H3,(H,16,17). The molecular formula is C13H20N2O2. The van der Waals surface area contributed by atoms with Gasteiger partial charge in [-0.25, -0.2) is 0 Å². The van der Waals surface area contributed by atoms with Gasteiger partial charge in [-0.2, -0.15) is 0 Å². The van der Waals surface area contributed by atoms with Crippen molar-refractivity contribution in [2.24, 2.45) is 5.92 Å². The van der Waals surface area contributed by atoms with E-state index < -0.39 is 12.0 Å². The predicted octanol–water partition coefficient (Wildman–Crippen LogP) is 2.01. The average molecular weight is 236 g/mol. The molecule has 17 heavy (non-hydrogen) atoms. The Balaban J connectivity index is 2.65. The minimum Gasteiger partial charge on any atom is -0.480 e. The van der Waals surface area contributed by atoms with Gasteiger partial charge in [-0.05, 0) is 31.0 Å². The summed E-state index contributed by atoms with van der Waals surface area (Å²) in [5, 5.41) is 9.21. The molecule has 0 saturated heterocycles. The maximum Gasteiger partial charge on any atom is 0.320 e. The van der Waals surface area contributed by atoms with E-state index in [-0.39, 0.29) is 0 Å². The molecule has 1 aromatic heterocycles. The molecule has 0 amide bonds. The van der Waals surface area contributed by atoms with Crippen LogP contribution >= 0.6 is 0 Å². The summed E-state index contributed by atoms with van der Waals surface area (Å²) in [6.07, 6.45) is 4.14. The number of nitrogens with zero attached hydrogens (tertiary/aromatic N) is 2. The highest BCUT2D eigenvalue weighted by atomic mass is 16.4. The number of aromatic nitrogens is 1. The molecule has 1 atom stereocenters. The van der Waals surface area contributed by atoms with Crippen LogP contribution in [-0.2, 0) is 11.3 Å². The molecular weight excluding hydrogens is 216 g/mol. The molecule has 0 aliphatic rings. The maximum absolute atomic E-state index is 11.2.